The van der Waals surface area contributed by atoms with Gasteiger partial charge in [-0.2, -0.15) is 0 Å². The third-order valence-electron chi connectivity index (χ3n) is 7.57. The molecule has 3 unspecified atom stereocenters. The standard InChI is InChI=1S/C25H33IS/c1-15(2)23-20(19-11-16(3)21(19)14-26)12-18-13-22(17-9-7-6-8-10-17)27-24(18)25(23,4)5/h6-10,13,15-16,19-21,23H,11-12,14H2,1-5H3/t16?,19-,20?,21?,23+/m1/s1. The molecule has 0 amide bonds. The molecule has 1 aromatic heterocycles. The van der Waals surface area contributed by atoms with Crippen molar-refractivity contribution in [3.63, 3.8) is 0 Å². The topological polar surface area (TPSA) is 0 Å². The fraction of sp³-hybridized carbons (Fsp3) is 0.600. The van der Waals surface area contributed by atoms with Crippen LogP contribution in [0.3, 0.4) is 0 Å². The molecule has 2 aromatic rings. The van der Waals surface area contributed by atoms with Crippen LogP contribution in [0.4, 0.5) is 0 Å². The number of thiophene rings is 1. The van der Waals surface area contributed by atoms with Crippen molar-refractivity contribution in [1.82, 2.24) is 0 Å². The van der Waals surface area contributed by atoms with Crippen molar-refractivity contribution in [1.29, 1.82) is 0 Å². The van der Waals surface area contributed by atoms with Crippen molar-refractivity contribution in [2.75, 3.05) is 4.43 Å². The van der Waals surface area contributed by atoms with E-state index in [0.717, 1.165) is 35.5 Å². The molecule has 0 N–H and O–H groups in total. The minimum Gasteiger partial charge on any atom is -0.139 e. The summed E-state index contributed by atoms with van der Waals surface area (Å²) < 4.78 is 1.33. The van der Waals surface area contributed by atoms with Crippen molar-refractivity contribution >= 4 is 33.9 Å². The molecular formula is C25H33IS. The molecule has 2 heteroatoms. The van der Waals surface area contributed by atoms with Crippen molar-refractivity contribution in [2.24, 2.45) is 35.5 Å². The maximum atomic E-state index is 2.64. The monoisotopic (exact) mass is 492 g/mol. The van der Waals surface area contributed by atoms with Gasteiger partial charge in [-0.3, -0.25) is 0 Å². The molecule has 2 aliphatic rings. The Hall–Kier alpha value is -0.350. The van der Waals surface area contributed by atoms with Gasteiger partial charge in [0.25, 0.3) is 0 Å². The second-order valence-electron chi connectivity index (χ2n) is 9.89. The summed E-state index contributed by atoms with van der Waals surface area (Å²) in [7, 11) is 0. The number of hydrogen-bond donors (Lipinski definition) is 0. The summed E-state index contributed by atoms with van der Waals surface area (Å²) in [6, 6.07) is 13.5. The molecule has 27 heavy (non-hydrogen) atoms. The summed E-state index contributed by atoms with van der Waals surface area (Å²) in [4.78, 5) is 3.12. The van der Waals surface area contributed by atoms with Crippen LogP contribution in [0.5, 0.6) is 0 Å². The first-order chi connectivity index (χ1) is 12.8. The zero-order chi connectivity index (χ0) is 19.3. The Bertz CT molecular complexity index is 788. The van der Waals surface area contributed by atoms with Gasteiger partial charge in [0.1, 0.15) is 0 Å². The minimum absolute atomic E-state index is 0.277. The molecule has 5 atom stereocenters. The SMILES string of the molecule is CC1C[C@H](C2Cc3cc(-c4ccccc4)sc3C(C)(C)[C@H]2C(C)C)C1CI. The van der Waals surface area contributed by atoms with Crippen molar-refractivity contribution in [3.8, 4) is 10.4 Å². The van der Waals surface area contributed by atoms with E-state index in [2.05, 4.69) is 105 Å². The van der Waals surface area contributed by atoms with Gasteiger partial charge in [0.05, 0.1) is 0 Å². The van der Waals surface area contributed by atoms with Crippen LogP contribution in [0.25, 0.3) is 10.4 Å². The Balaban J connectivity index is 1.75. The molecule has 1 aromatic carbocycles. The van der Waals surface area contributed by atoms with Crippen LogP contribution < -0.4 is 0 Å². The van der Waals surface area contributed by atoms with Crippen molar-refractivity contribution in [2.45, 2.75) is 52.9 Å². The first kappa shape index (κ1) is 19.9. The second-order valence-corrected chi connectivity index (χ2v) is 11.8. The van der Waals surface area contributed by atoms with Crippen LogP contribution in [-0.4, -0.2) is 4.43 Å². The van der Waals surface area contributed by atoms with Crippen LogP contribution in [0, 0.1) is 35.5 Å². The van der Waals surface area contributed by atoms with E-state index in [1.54, 1.807) is 10.4 Å². The summed E-state index contributed by atoms with van der Waals surface area (Å²) in [6.45, 7) is 12.5. The van der Waals surface area contributed by atoms with Gasteiger partial charge in [-0.25, -0.2) is 0 Å². The summed E-state index contributed by atoms with van der Waals surface area (Å²) >= 11 is 4.70. The fourth-order valence-electron chi connectivity index (χ4n) is 6.45. The van der Waals surface area contributed by atoms with Gasteiger partial charge in [-0.1, -0.05) is 87.5 Å². The molecule has 0 aliphatic heterocycles. The third-order valence-corrected chi connectivity index (χ3v) is 10.2. The fourth-order valence-corrected chi connectivity index (χ4v) is 9.32. The number of hydrogen-bond acceptors (Lipinski definition) is 1. The number of fused-ring (bicyclic) bond motifs is 1. The zero-order valence-corrected chi connectivity index (χ0v) is 20.3. The van der Waals surface area contributed by atoms with E-state index in [4.69, 9.17) is 0 Å². The van der Waals surface area contributed by atoms with Crippen LogP contribution >= 0.6 is 33.9 Å². The Morgan fingerprint density at radius 1 is 1.15 bits per heavy atom. The highest BCUT2D eigenvalue weighted by atomic mass is 127. The zero-order valence-electron chi connectivity index (χ0n) is 17.3. The molecule has 4 rings (SSSR count). The van der Waals surface area contributed by atoms with Crippen LogP contribution in [0.1, 0.15) is 51.5 Å². The maximum Gasteiger partial charge on any atom is 0.0348 e. The highest BCUT2D eigenvalue weighted by Gasteiger charge is 2.52. The average molecular weight is 493 g/mol. The molecule has 0 nitrogen and oxygen atoms in total. The number of alkyl halides is 1. The van der Waals surface area contributed by atoms with Gasteiger partial charge in [0.2, 0.25) is 0 Å². The summed E-state index contributed by atoms with van der Waals surface area (Å²) in [5.74, 6) is 5.16. The van der Waals surface area contributed by atoms with Gasteiger partial charge in [-0.05, 0) is 65.5 Å². The lowest BCUT2D eigenvalue weighted by atomic mass is 9.50. The number of rotatable bonds is 4. The predicted octanol–water partition coefficient (Wildman–Crippen LogP) is 7.84. The molecular weight excluding hydrogens is 459 g/mol. The van der Waals surface area contributed by atoms with E-state index in [1.165, 1.54) is 27.7 Å². The largest absolute Gasteiger partial charge is 0.139 e. The van der Waals surface area contributed by atoms with Gasteiger partial charge >= 0.3 is 0 Å². The van der Waals surface area contributed by atoms with E-state index < -0.39 is 0 Å². The van der Waals surface area contributed by atoms with Gasteiger partial charge in [0, 0.05) is 19.6 Å². The van der Waals surface area contributed by atoms with E-state index in [1.807, 2.05) is 0 Å². The molecule has 1 fully saturated rings. The summed E-state index contributed by atoms with van der Waals surface area (Å²) in [5, 5.41) is 0. The normalized spacial score (nSPS) is 32.2. The Morgan fingerprint density at radius 3 is 2.44 bits per heavy atom. The summed E-state index contributed by atoms with van der Waals surface area (Å²) in [5.41, 5.74) is 3.31. The minimum atomic E-state index is 0.277. The predicted molar refractivity (Wildman–Crippen MR) is 128 cm³/mol. The van der Waals surface area contributed by atoms with E-state index in [9.17, 15) is 0 Å². The van der Waals surface area contributed by atoms with Crippen molar-refractivity contribution in [3.05, 3.63) is 46.8 Å². The van der Waals surface area contributed by atoms with E-state index >= 15 is 0 Å². The Morgan fingerprint density at radius 2 is 1.85 bits per heavy atom. The highest BCUT2D eigenvalue weighted by molar-refractivity contribution is 14.1. The third kappa shape index (κ3) is 3.33. The molecule has 0 saturated heterocycles. The molecule has 1 heterocycles. The molecule has 1 saturated carbocycles. The first-order valence-electron chi connectivity index (χ1n) is 10.6. The quantitative estimate of drug-likeness (QED) is 0.301. The lowest BCUT2D eigenvalue weighted by Crippen LogP contribution is -2.51. The smallest absolute Gasteiger partial charge is 0.0348 e. The number of benzene rings is 1. The van der Waals surface area contributed by atoms with Gasteiger partial charge < -0.3 is 0 Å². The Labute approximate surface area is 183 Å². The molecule has 0 radical (unpaired) electrons. The number of halogens is 1. The lowest BCUT2D eigenvalue weighted by molar-refractivity contribution is -0.0142. The maximum absolute atomic E-state index is 2.64. The first-order valence-corrected chi connectivity index (χ1v) is 12.9. The van der Waals surface area contributed by atoms with Gasteiger partial charge in [-0.15, -0.1) is 11.3 Å². The van der Waals surface area contributed by atoms with Gasteiger partial charge in [0.15, 0.2) is 0 Å². The average Bonchev–Trinajstić information content (AvgIpc) is 3.05. The molecule has 146 valence electrons. The van der Waals surface area contributed by atoms with Crippen LogP contribution in [-0.2, 0) is 11.8 Å². The van der Waals surface area contributed by atoms with Crippen LogP contribution in [0.2, 0.25) is 0 Å². The molecule has 2 aliphatic carbocycles. The Kier molecular flexibility index (Phi) is 5.52. The van der Waals surface area contributed by atoms with E-state index in [0.29, 0.717) is 0 Å². The molecule has 0 spiro atoms. The second kappa shape index (κ2) is 7.48. The van der Waals surface area contributed by atoms with E-state index in [-0.39, 0.29) is 5.41 Å². The highest BCUT2D eigenvalue weighted by Crippen LogP contribution is 2.58. The van der Waals surface area contributed by atoms with Crippen LogP contribution in [0.15, 0.2) is 36.4 Å². The van der Waals surface area contributed by atoms with Crippen molar-refractivity contribution < 1.29 is 0 Å². The molecule has 0 bridgehead atoms. The summed E-state index contributed by atoms with van der Waals surface area (Å²) in [6.07, 6.45) is 2.75. The lowest BCUT2D eigenvalue weighted by Gasteiger charge is -2.55.